The van der Waals surface area contributed by atoms with E-state index in [0.29, 0.717) is 18.5 Å². The normalized spacial score (nSPS) is 26.6. The summed E-state index contributed by atoms with van der Waals surface area (Å²) in [5, 5.41) is 11.2. The van der Waals surface area contributed by atoms with Crippen LogP contribution in [0.3, 0.4) is 0 Å². The number of hydrogen-bond acceptors (Lipinski definition) is 6. The van der Waals surface area contributed by atoms with Crippen LogP contribution in [0.4, 0.5) is 5.69 Å². The molecule has 9 nitrogen and oxygen atoms in total. The molecule has 0 radical (unpaired) electrons. The average Bonchev–Trinajstić information content (AvgIpc) is 2.84. The lowest BCUT2D eigenvalue weighted by Crippen LogP contribution is -2.54. The quantitative estimate of drug-likeness (QED) is 0.718. The Hall–Kier alpha value is -3.23. The van der Waals surface area contributed by atoms with Crippen molar-refractivity contribution in [2.45, 2.75) is 37.8 Å². The van der Waals surface area contributed by atoms with Crippen LogP contribution in [0, 0.1) is 5.92 Å². The number of anilines is 1. The summed E-state index contributed by atoms with van der Waals surface area (Å²) in [6.07, 6.45) is 1.24. The van der Waals surface area contributed by atoms with E-state index in [4.69, 9.17) is 5.11 Å². The van der Waals surface area contributed by atoms with Crippen molar-refractivity contribution in [1.29, 1.82) is 0 Å². The highest BCUT2D eigenvalue weighted by Gasteiger charge is 2.45. The standard InChI is InChI=1S/C19H19N3O6/c1-21(11-6-9(7-11)19(27)28)10-2-3-12-13(8-10)18(26)22(17(12)25)14-4-5-15(23)20-16(14)24/h2-3,8-9,11,14H,4-7H2,1H3,(H,27,28)(H,20,23,24)/t9?,11?,14-/m1/s1. The highest BCUT2D eigenvalue weighted by atomic mass is 16.4. The molecular weight excluding hydrogens is 366 g/mol. The zero-order chi connectivity index (χ0) is 20.2. The number of carboxylic acid groups (broad SMARTS) is 1. The fourth-order valence-corrected chi connectivity index (χ4v) is 3.99. The second kappa shape index (κ2) is 6.43. The largest absolute Gasteiger partial charge is 0.481 e. The molecule has 0 spiro atoms. The molecule has 0 bridgehead atoms. The summed E-state index contributed by atoms with van der Waals surface area (Å²) in [5.41, 5.74) is 1.15. The number of carboxylic acids is 1. The Morgan fingerprint density at radius 1 is 1.14 bits per heavy atom. The number of imide groups is 2. The minimum Gasteiger partial charge on any atom is -0.481 e. The number of fused-ring (bicyclic) bond motifs is 1. The van der Waals surface area contributed by atoms with Crippen LogP contribution in [-0.2, 0) is 14.4 Å². The summed E-state index contributed by atoms with van der Waals surface area (Å²) in [7, 11) is 1.82. The van der Waals surface area contributed by atoms with E-state index < -0.39 is 35.6 Å². The van der Waals surface area contributed by atoms with Gasteiger partial charge in [-0.2, -0.15) is 0 Å². The smallest absolute Gasteiger partial charge is 0.306 e. The average molecular weight is 385 g/mol. The fourth-order valence-electron chi connectivity index (χ4n) is 3.99. The van der Waals surface area contributed by atoms with Gasteiger partial charge < -0.3 is 10.0 Å². The monoisotopic (exact) mass is 385 g/mol. The van der Waals surface area contributed by atoms with Crippen LogP contribution >= 0.6 is 0 Å². The van der Waals surface area contributed by atoms with Crippen molar-refractivity contribution in [2.24, 2.45) is 5.92 Å². The molecule has 4 rings (SSSR count). The molecule has 9 heteroatoms. The molecule has 3 aliphatic rings. The number of aliphatic carboxylic acids is 1. The molecule has 4 amide bonds. The van der Waals surface area contributed by atoms with Crippen molar-refractivity contribution >= 4 is 35.3 Å². The first-order valence-corrected chi connectivity index (χ1v) is 9.09. The Morgan fingerprint density at radius 2 is 1.82 bits per heavy atom. The minimum atomic E-state index is -0.991. The second-order valence-electron chi connectivity index (χ2n) is 7.45. The number of piperidine rings is 1. The van der Waals surface area contributed by atoms with Gasteiger partial charge in [0.2, 0.25) is 11.8 Å². The van der Waals surface area contributed by atoms with E-state index in [9.17, 15) is 24.0 Å². The van der Waals surface area contributed by atoms with Crippen molar-refractivity contribution < 1.29 is 29.1 Å². The molecule has 1 aliphatic carbocycles. The van der Waals surface area contributed by atoms with Gasteiger partial charge in [-0.05, 0) is 37.5 Å². The van der Waals surface area contributed by atoms with Gasteiger partial charge in [0, 0.05) is 25.2 Å². The van der Waals surface area contributed by atoms with Crippen molar-refractivity contribution in [3.8, 4) is 0 Å². The third-order valence-corrected chi connectivity index (χ3v) is 5.84. The predicted octanol–water partition coefficient (Wildman–Crippen LogP) is 0.387. The van der Waals surface area contributed by atoms with Gasteiger partial charge in [-0.3, -0.25) is 34.2 Å². The molecule has 1 saturated heterocycles. The van der Waals surface area contributed by atoms with Crippen LogP contribution in [0.5, 0.6) is 0 Å². The van der Waals surface area contributed by atoms with Crippen LogP contribution in [0.1, 0.15) is 46.4 Å². The van der Waals surface area contributed by atoms with E-state index in [1.807, 2.05) is 11.9 Å². The molecule has 2 aliphatic heterocycles. The van der Waals surface area contributed by atoms with Crippen molar-refractivity contribution in [2.75, 3.05) is 11.9 Å². The lowest BCUT2D eigenvalue weighted by atomic mass is 9.79. The third kappa shape index (κ3) is 2.74. The van der Waals surface area contributed by atoms with Crippen molar-refractivity contribution in [3.05, 3.63) is 29.3 Å². The summed E-state index contributed by atoms with van der Waals surface area (Å²) in [6, 6.07) is 3.94. The molecule has 2 fully saturated rings. The molecule has 1 atom stereocenters. The Morgan fingerprint density at radius 3 is 2.46 bits per heavy atom. The SMILES string of the molecule is CN(c1ccc2c(c1)C(=O)N([C@@H]1CCC(=O)NC1=O)C2=O)C1CC(C(=O)O)C1. The van der Waals surface area contributed by atoms with Gasteiger partial charge in [0.15, 0.2) is 0 Å². The lowest BCUT2D eigenvalue weighted by molar-refractivity contribution is -0.145. The highest BCUT2D eigenvalue weighted by molar-refractivity contribution is 6.23. The van der Waals surface area contributed by atoms with Gasteiger partial charge in [-0.1, -0.05) is 0 Å². The van der Waals surface area contributed by atoms with Crippen LogP contribution in [0.15, 0.2) is 18.2 Å². The molecule has 1 aromatic rings. The number of hydrogen-bond donors (Lipinski definition) is 2. The number of rotatable bonds is 4. The van der Waals surface area contributed by atoms with E-state index in [2.05, 4.69) is 5.32 Å². The summed E-state index contributed by atoms with van der Waals surface area (Å²) in [4.78, 5) is 62.8. The number of carbonyl (C=O) groups excluding carboxylic acids is 4. The van der Waals surface area contributed by atoms with Crippen LogP contribution in [-0.4, -0.2) is 58.7 Å². The maximum atomic E-state index is 12.8. The summed E-state index contributed by atoms with van der Waals surface area (Å²) >= 11 is 0. The van der Waals surface area contributed by atoms with Gasteiger partial charge in [0.05, 0.1) is 17.0 Å². The Balaban J connectivity index is 1.55. The maximum Gasteiger partial charge on any atom is 0.306 e. The Labute approximate surface area is 160 Å². The molecule has 146 valence electrons. The van der Waals surface area contributed by atoms with Crippen LogP contribution < -0.4 is 10.2 Å². The molecule has 28 heavy (non-hydrogen) atoms. The number of nitrogens with one attached hydrogen (secondary N) is 1. The first-order chi connectivity index (χ1) is 13.3. The maximum absolute atomic E-state index is 12.8. The van der Waals surface area contributed by atoms with Crippen LogP contribution in [0.2, 0.25) is 0 Å². The van der Waals surface area contributed by atoms with E-state index in [1.165, 1.54) is 0 Å². The zero-order valence-corrected chi connectivity index (χ0v) is 15.2. The molecule has 1 aromatic carbocycles. The Bertz CT molecular complexity index is 920. The summed E-state index contributed by atoms with van der Waals surface area (Å²) in [5.74, 6) is -3.31. The fraction of sp³-hybridized carbons (Fsp3) is 0.421. The van der Waals surface area contributed by atoms with Gasteiger partial charge >= 0.3 is 5.97 Å². The van der Waals surface area contributed by atoms with Gasteiger partial charge in [0.1, 0.15) is 6.04 Å². The Kier molecular flexibility index (Phi) is 4.17. The van der Waals surface area contributed by atoms with E-state index in [0.717, 1.165) is 4.90 Å². The number of carbonyl (C=O) groups is 5. The van der Waals surface area contributed by atoms with Gasteiger partial charge in [-0.15, -0.1) is 0 Å². The first-order valence-electron chi connectivity index (χ1n) is 9.09. The van der Waals surface area contributed by atoms with E-state index in [1.54, 1.807) is 18.2 Å². The van der Waals surface area contributed by atoms with Crippen LogP contribution in [0.25, 0.3) is 0 Å². The summed E-state index contributed by atoms with van der Waals surface area (Å²) in [6.45, 7) is 0. The first kappa shape index (κ1) is 18.1. The van der Waals surface area contributed by atoms with Crippen molar-refractivity contribution in [3.63, 3.8) is 0 Å². The third-order valence-electron chi connectivity index (χ3n) is 5.84. The molecule has 0 aromatic heterocycles. The molecule has 1 saturated carbocycles. The molecule has 2 N–H and O–H groups in total. The minimum absolute atomic E-state index is 0.0533. The molecule has 0 unspecified atom stereocenters. The predicted molar refractivity (Wildman–Crippen MR) is 95.7 cm³/mol. The topological polar surface area (TPSA) is 124 Å². The molecular formula is C19H19N3O6. The highest BCUT2D eigenvalue weighted by Crippen LogP contribution is 2.36. The van der Waals surface area contributed by atoms with E-state index >= 15 is 0 Å². The van der Waals surface area contributed by atoms with Gasteiger partial charge in [-0.25, -0.2) is 0 Å². The second-order valence-corrected chi connectivity index (χ2v) is 7.45. The number of nitrogens with zero attached hydrogens (tertiary/aromatic N) is 2. The van der Waals surface area contributed by atoms with Crippen molar-refractivity contribution in [1.82, 2.24) is 10.2 Å². The number of amides is 4. The molecule has 2 heterocycles. The summed E-state index contributed by atoms with van der Waals surface area (Å²) < 4.78 is 0. The number of benzene rings is 1. The van der Waals surface area contributed by atoms with Gasteiger partial charge in [0.25, 0.3) is 11.8 Å². The van der Waals surface area contributed by atoms with E-state index in [-0.39, 0.29) is 35.9 Å². The lowest BCUT2D eigenvalue weighted by Gasteiger charge is -2.40. The zero-order valence-electron chi connectivity index (χ0n) is 15.2.